The summed E-state index contributed by atoms with van der Waals surface area (Å²) in [6.07, 6.45) is 1.40. The molecule has 0 atom stereocenters. The lowest BCUT2D eigenvalue weighted by atomic mass is 10.1. The van der Waals surface area contributed by atoms with Gasteiger partial charge in [-0.25, -0.2) is 0 Å². The van der Waals surface area contributed by atoms with Crippen LogP contribution in [-0.2, 0) is 4.79 Å². The number of hydrogen-bond acceptors (Lipinski definition) is 5. The van der Waals surface area contributed by atoms with Crippen molar-refractivity contribution in [3.8, 4) is 0 Å². The molecule has 1 aliphatic rings. The minimum absolute atomic E-state index is 0.0142. The number of nitrogen functional groups attached to an aromatic ring is 1. The molecule has 0 aliphatic carbocycles. The number of nitrogens with one attached hydrogen (secondary N) is 2. The largest absolute Gasteiger partial charge is 0.398 e. The molecule has 28 heavy (non-hydrogen) atoms. The Bertz CT molecular complexity index is 912. The molecule has 2 heterocycles. The monoisotopic (exact) mass is 383 g/mol. The van der Waals surface area contributed by atoms with Crippen molar-refractivity contribution < 1.29 is 9.59 Å². The molecule has 8 heteroatoms. The van der Waals surface area contributed by atoms with Gasteiger partial charge in [-0.1, -0.05) is 13.8 Å². The molecule has 148 valence electrons. The maximum Gasteiger partial charge on any atom is 0.263 e. The van der Waals surface area contributed by atoms with Crippen molar-refractivity contribution in [2.24, 2.45) is 5.92 Å². The molecule has 1 fully saturated rings. The first-order chi connectivity index (χ1) is 13.4. The number of benzene rings is 1. The molecule has 2 aromatic rings. The number of hydrogen-bond donors (Lipinski definition) is 3. The second-order valence-corrected chi connectivity index (χ2v) is 7.11. The maximum absolute atomic E-state index is 12.3. The van der Waals surface area contributed by atoms with Gasteiger partial charge in [-0.3, -0.25) is 14.4 Å². The SMILES string of the molecule is CC(C)C(=O)N1CCN(c2ccc(NC(=O)c3c(N)cc[nH]c3=O)cc2)CC1. The molecule has 2 amide bonds. The molecule has 0 saturated carbocycles. The summed E-state index contributed by atoms with van der Waals surface area (Å²) >= 11 is 0. The zero-order valence-corrected chi connectivity index (χ0v) is 16.1. The predicted molar refractivity (Wildman–Crippen MR) is 110 cm³/mol. The first-order valence-electron chi connectivity index (χ1n) is 9.29. The molecular weight excluding hydrogens is 358 g/mol. The van der Waals surface area contributed by atoms with Gasteiger partial charge >= 0.3 is 0 Å². The van der Waals surface area contributed by atoms with Crippen LogP contribution in [0.5, 0.6) is 0 Å². The molecule has 1 aromatic heterocycles. The molecule has 0 radical (unpaired) electrons. The number of H-pyrrole nitrogens is 1. The van der Waals surface area contributed by atoms with Gasteiger partial charge in [0.2, 0.25) is 5.91 Å². The van der Waals surface area contributed by atoms with E-state index in [1.54, 1.807) is 12.1 Å². The Balaban J connectivity index is 1.62. The summed E-state index contributed by atoms with van der Waals surface area (Å²) in [5.74, 6) is -0.346. The topological polar surface area (TPSA) is 112 Å². The third-order valence-corrected chi connectivity index (χ3v) is 4.80. The summed E-state index contributed by atoms with van der Waals surface area (Å²) in [5.41, 5.74) is 6.83. The van der Waals surface area contributed by atoms with E-state index in [0.29, 0.717) is 18.8 Å². The standard InChI is InChI=1S/C20H25N5O3/c1-13(2)20(28)25-11-9-24(10-12-25)15-5-3-14(4-6-15)23-19(27)17-16(21)7-8-22-18(17)26/h3-8,13H,9-12H2,1-2H3,(H,23,27)(H3,21,22,26). The van der Waals surface area contributed by atoms with Gasteiger partial charge in [0, 0.05) is 49.7 Å². The van der Waals surface area contributed by atoms with E-state index in [1.807, 2.05) is 30.9 Å². The summed E-state index contributed by atoms with van der Waals surface area (Å²) in [6, 6.07) is 8.86. The highest BCUT2D eigenvalue weighted by Gasteiger charge is 2.23. The van der Waals surface area contributed by atoms with Gasteiger partial charge in [-0.15, -0.1) is 0 Å². The van der Waals surface area contributed by atoms with Crippen LogP contribution in [-0.4, -0.2) is 47.9 Å². The summed E-state index contributed by atoms with van der Waals surface area (Å²) in [6.45, 7) is 6.76. The number of carbonyl (C=O) groups is 2. The zero-order chi connectivity index (χ0) is 20.3. The number of rotatable bonds is 4. The van der Waals surface area contributed by atoms with Gasteiger partial charge in [0.15, 0.2) is 0 Å². The molecule has 1 aromatic carbocycles. The third-order valence-electron chi connectivity index (χ3n) is 4.80. The molecular formula is C20H25N5O3. The number of amides is 2. The van der Waals surface area contributed by atoms with Gasteiger partial charge in [-0.05, 0) is 30.3 Å². The average Bonchev–Trinajstić information content (AvgIpc) is 2.68. The highest BCUT2D eigenvalue weighted by Crippen LogP contribution is 2.20. The molecule has 0 spiro atoms. The smallest absolute Gasteiger partial charge is 0.263 e. The fraction of sp³-hybridized carbons (Fsp3) is 0.350. The molecule has 1 aliphatic heterocycles. The predicted octanol–water partition coefficient (Wildman–Crippen LogP) is 1.51. The Morgan fingerprint density at radius 2 is 1.71 bits per heavy atom. The van der Waals surface area contributed by atoms with Gasteiger partial charge in [-0.2, -0.15) is 0 Å². The van der Waals surface area contributed by atoms with E-state index in [1.165, 1.54) is 12.3 Å². The van der Waals surface area contributed by atoms with E-state index < -0.39 is 11.5 Å². The number of nitrogens with zero attached hydrogens (tertiary/aromatic N) is 2. The highest BCUT2D eigenvalue weighted by molar-refractivity contribution is 6.07. The Kier molecular flexibility index (Phi) is 5.67. The van der Waals surface area contributed by atoms with Crippen LogP contribution in [0.2, 0.25) is 0 Å². The van der Waals surface area contributed by atoms with Crippen LogP contribution < -0.4 is 21.5 Å². The fourth-order valence-corrected chi connectivity index (χ4v) is 3.23. The second kappa shape index (κ2) is 8.16. The molecule has 0 unspecified atom stereocenters. The quantitative estimate of drug-likeness (QED) is 0.741. The van der Waals surface area contributed by atoms with Crippen molar-refractivity contribution in [2.75, 3.05) is 42.1 Å². The van der Waals surface area contributed by atoms with Crippen molar-refractivity contribution in [3.63, 3.8) is 0 Å². The Hall–Kier alpha value is -3.29. The van der Waals surface area contributed by atoms with E-state index in [2.05, 4.69) is 15.2 Å². The summed E-state index contributed by atoms with van der Waals surface area (Å²) in [7, 11) is 0. The second-order valence-electron chi connectivity index (χ2n) is 7.11. The Morgan fingerprint density at radius 3 is 2.29 bits per heavy atom. The zero-order valence-electron chi connectivity index (χ0n) is 16.1. The van der Waals surface area contributed by atoms with E-state index >= 15 is 0 Å². The van der Waals surface area contributed by atoms with E-state index in [-0.39, 0.29) is 23.1 Å². The van der Waals surface area contributed by atoms with Gasteiger partial charge < -0.3 is 25.8 Å². The van der Waals surface area contributed by atoms with Crippen LogP contribution in [0.3, 0.4) is 0 Å². The molecule has 1 saturated heterocycles. The molecule has 3 rings (SSSR count). The highest BCUT2D eigenvalue weighted by atomic mass is 16.2. The third kappa shape index (κ3) is 4.16. The first-order valence-corrected chi connectivity index (χ1v) is 9.29. The Morgan fingerprint density at radius 1 is 1.07 bits per heavy atom. The van der Waals surface area contributed by atoms with Crippen molar-refractivity contribution >= 4 is 28.9 Å². The lowest BCUT2D eigenvalue weighted by Crippen LogP contribution is -2.49. The molecule has 4 N–H and O–H groups in total. The van der Waals surface area contributed by atoms with Crippen LogP contribution in [0.1, 0.15) is 24.2 Å². The molecule has 0 bridgehead atoms. The van der Waals surface area contributed by atoms with Crippen molar-refractivity contribution in [1.29, 1.82) is 0 Å². The fourth-order valence-electron chi connectivity index (χ4n) is 3.23. The van der Waals surface area contributed by atoms with Gasteiger partial charge in [0.25, 0.3) is 11.5 Å². The van der Waals surface area contributed by atoms with Gasteiger partial charge in [0.1, 0.15) is 5.56 Å². The number of carbonyl (C=O) groups excluding carboxylic acids is 2. The Labute approximate surface area is 163 Å². The first kappa shape index (κ1) is 19.5. The number of piperazine rings is 1. The normalized spacial score (nSPS) is 14.2. The lowest BCUT2D eigenvalue weighted by molar-refractivity contribution is -0.134. The molecule has 8 nitrogen and oxygen atoms in total. The average molecular weight is 383 g/mol. The number of aromatic amines is 1. The minimum Gasteiger partial charge on any atom is -0.398 e. The van der Waals surface area contributed by atoms with Gasteiger partial charge in [0.05, 0.1) is 5.69 Å². The van der Waals surface area contributed by atoms with Crippen molar-refractivity contribution in [2.45, 2.75) is 13.8 Å². The van der Waals surface area contributed by atoms with E-state index in [9.17, 15) is 14.4 Å². The van der Waals surface area contributed by atoms with Crippen LogP contribution in [0, 0.1) is 5.92 Å². The summed E-state index contributed by atoms with van der Waals surface area (Å²) < 4.78 is 0. The maximum atomic E-state index is 12.3. The lowest BCUT2D eigenvalue weighted by Gasteiger charge is -2.37. The number of pyridine rings is 1. The van der Waals surface area contributed by atoms with E-state index in [4.69, 9.17) is 5.73 Å². The minimum atomic E-state index is -0.548. The van der Waals surface area contributed by atoms with E-state index in [0.717, 1.165) is 18.8 Å². The van der Waals surface area contributed by atoms with Crippen LogP contribution in [0.15, 0.2) is 41.3 Å². The van der Waals surface area contributed by atoms with Crippen LogP contribution >= 0.6 is 0 Å². The van der Waals surface area contributed by atoms with Crippen LogP contribution in [0.25, 0.3) is 0 Å². The number of aromatic nitrogens is 1. The summed E-state index contributed by atoms with van der Waals surface area (Å²) in [4.78, 5) is 42.8. The summed E-state index contributed by atoms with van der Waals surface area (Å²) in [5, 5.41) is 2.69. The van der Waals surface area contributed by atoms with Crippen LogP contribution in [0.4, 0.5) is 17.1 Å². The van der Waals surface area contributed by atoms with Crippen molar-refractivity contribution in [1.82, 2.24) is 9.88 Å². The number of anilines is 3. The number of nitrogens with two attached hydrogens (primary N) is 1. The van der Waals surface area contributed by atoms with Crippen molar-refractivity contribution in [3.05, 3.63) is 52.4 Å².